The molecule has 1 heterocycles. The summed E-state index contributed by atoms with van der Waals surface area (Å²) >= 11 is 0. The number of halogens is 3. The zero-order valence-electron chi connectivity index (χ0n) is 17.9. The van der Waals surface area contributed by atoms with Crippen molar-refractivity contribution in [1.82, 2.24) is 10.2 Å². The van der Waals surface area contributed by atoms with Gasteiger partial charge in [0, 0.05) is 18.7 Å². The summed E-state index contributed by atoms with van der Waals surface area (Å²) < 4.78 is 38.8. The highest BCUT2D eigenvalue weighted by molar-refractivity contribution is 6.07. The van der Waals surface area contributed by atoms with Crippen LogP contribution in [0.1, 0.15) is 44.1 Å². The number of alkyl halides is 3. The Morgan fingerprint density at radius 3 is 2.36 bits per heavy atom. The van der Waals surface area contributed by atoms with Gasteiger partial charge in [-0.1, -0.05) is 43.5 Å². The molecule has 1 saturated carbocycles. The number of imide groups is 1. The molecule has 1 spiro atoms. The highest BCUT2D eigenvalue weighted by atomic mass is 19.4. The van der Waals surface area contributed by atoms with Crippen LogP contribution < -0.4 is 10.6 Å². The second-order valence-corrected chi connectivity index (χ2v) is 8.48. The number of benzene rings is 2. The Bertz CT molecular complexity index is 1060. The van der Waals surface area contributed by atoms with Gasteiger partial charge >= 0.3 is 12.2 Å². The largest absolute Gasteiger partial charge is 0.416 e. The van der Waals surface area contributed by atoms with Crippen LogP contribution in [0.25, 0.3) is 11.1 Å². The van der Waals surface area contributed by atoms with Gasteiger partial charge in [-0.25, -0.2) is 4.79 Å². The van der Waals surface area contributed by atoms with E-state index in [-0.39, 0.29) is 24.8 Å². The van der Waals surface area contributed by atoms with Gasteiger partial charge < -0.3 is 10.6 Å². The van der Waals surface area contributed by atoms with Crippen LogP contribution in [-0.4, -0.2) is 34.8 Å². The van der Waals surface area contributed by atoms with E-state index in [1.54, 1.807) is 30.3 Å². The van der Waals surface area contributed by atoms with Crippen LogP contribution in [0.3, 0.4) is 0 Å². The molecular formula is C24H24F3N3O3. The first-order valence-corrected chi connectivity index (χ1v) is 10.9. The summed E-state index contributed by atoms with van der Waals surface area (Å²) in [5.41, 5.74) is -0.0795. The monoisotopic (exact) mass is 459 g/mol. The molecule has 33 heavy (non-hydrogen) atoms. The molecule has 2 N–H and O–H groups in total. The molecule has 0 radical (unpaired) electrons. The smallest absolute Gasteiger partial charge is 0.326 e. The summed E-state index contributed by atoms with van der Waals surface area (Å²) in [6, 6.07) is 11.0. The number of carbonyl (C=O) groups is 3. The molecule has 0 bridgehead atoms. The highest BCUT2D eigenvalue weighted by Crippen LogP contribution is 2.34. The molecule has 0 atom stereocenters. The van der Waals surface area contributed by atoms with E-state index in [9.17, 15) is 27.6 Å². The molecule has 2 aliphatic rings. The number of hydrogen-bond acceptors (Lipinski definition) is 3. The van der Waals surface area contributed by atoms with E-state index in [1.807, 2.05) is 0 Å². The van der Waals surface area contributed by atoms with Crippen LogP contribution >= 0.6 is 0 Å². The standard InChI is InChI=1S/C24H24F3N3O3/c25-24(26,27)18-6-4-5-17(15-18)16-7-9-19(10-8-16)28-20(31)11-14-30-21(32)23(29-22(30)33)12-2-1-3-13-23/h4-10,15H,1-3,11-14H2,(H,28,31)(H,29,33). The fourth-order valence-corrected chi connectivity index (χ4v) is 4.43. The highest BCUT2D eigenvalue weighted by Gasteiger charge is 2.51. The minimum Gasteiger partial charge on any atom is -0.326 e. The average molecular weight is 459 g/mol. The molecule has 0 unspecified atom stereocenters. The van der Waals surface area contributed by atoms with E-state index in [0.717, 1.165) is 36.3 Å². The van der Waals surface area contributed by atoms with Crippen molar-refractivity contribution >= 4 is 23.5 Å². The lowest BCUT2D eigenvalue weighted by molar-refractivity contribution is -0.137. The molecule has 0 aromatic heterocycles. The molecule has 9 heteroatoms. The van der Waals surface area contributed by atoms with Gasteiger partial charge in [0.2, 0.25) is 5.91 Å². The summed E-state index contributed by atoms with van der Waals surface area (Å²) in [6.45, 7) is -0.0133. The predicted octanol–water partition coefficient (Wildman–Crippen LogP) is 4.96. The number of carbonyl (C=O) groups excluding carboxylic acids is 3. The third-order valence-corrected chi connectivity index (χ3v) is 6.21. The van der Waals surface area contributed by atoms with Crippen molar-refractivity contribution in [2.24, 2.45) is 0 Å². The van der Waals surface area contributed by atoms with E-state index >= 15 is 0 Å². The lowest BCUT2D eigenvalue weighted by Gasteiger charge is -2.30. The molecule has 4 rings (SSSR count). The molecular weight excluding hydrogens is 435 g/mol. The van der Waals surface area contributed by atoms with Gasteiger partial charge in [-0.2, -0.15) is 13.2 Å². The normalized spacial score (nSPS) is 17.8. The van der Waals surface area contributed by atoms with Crippen LogP contribution in [0.5, 0.6) is 0 Å². The molecule has 2 aromatic rings. The Kier molecular flexibility index (Phi) is 6.14. The zero-order valence-corrected chi connectivity index (χ0v) is 17.9. The van der Waals surface area contributed by atoms with E-state index in [0.29, 0.717) is 29.7 Å². The number of urea groups is 1. The molecule has 4 amide bonds. The van der Waals surface area contributed by atoms with E-state index in [4.69, 9.17) is 0 Å². The number of anilines is 1. The molecule has 174 valence electrons. The number of nitrogens with zero attached hydrogens (tertiary/aromatic N) is 1. The minimum absolute atomic E-state index is 0.0133. The summed E-state index contributed by atoms with van der Waals surface area (Å²) in [5.74, 6) is -0.627. The first-order chi connectivity index (χ1) is 15.7. The van der Waals surface area contributed by atoms with Gasteiger partial charge in [0.1, 0.15) is 5.54 Å². The van der Waals surface area contributed by atoms with Gasteiger partial charge in [-0.05, 0) is 48.2 Å². The summed E-state index contributed by atoms with van der Waals surface area (Å²) in [5, 5.41) is 5.51. The van der Waals surface area contributed by atoms with Crippen LogP contribution in [0.2, 0.25) is 0 Å². The maximum Gasteiger partial charge on any atom is 0.416 e. The maximum absolute atomic E-state index is 12.9. The van der Waals surface area contributed by atoms with Crippen LogP contribution in [-0.2, 0) is 15.8 Å². The number of amides is 4. The van der Waals surface area contributed by atoms with Gasteiger partial charge in [0.25, 0.3) is 5.91 Å². The molecule has 1 aliphatic heterocycles. The number of nitrogens with one attached hydrogen (secondary N) is 2. The predicted molar refractivity (Wildman–Crippen MR) is 116 cm³/mol. The van der Waals surface area contributed by atoms with Gasteiger partial charge in [0.05, 0.1) is 5.56 Å². The Labute approximate surface area is 189 Å². The molecule has 2 aromatic carbocycles. The topological polar surface area (TPSA) is 78.5 Å². The first-order valence-electron chi connectivity index (χ1n) is 10.9. The van der Waals surface area contributed by atoms with Gasteiger partial charge in [-0.3, -0.25) is 14.5 Å². The Balaban J connectivity index is 1.34. The summed E-state index contributed by atoms with van der Waals surface area (Å²) in [6.07, 6.45) is -0.413. The summed E-state index contributed by atoms with van der Waals surface area (Å²) in [7, 11) is 0. The second-order valence-electron chi connectivity index (χ2n) is 8.48. The van der Waals surface area contributed by atoms with Crippen molar-refractivity contribution in [3.8, 4) is 11.1 Å². The van der Waals surface area contributed by atoms with E-state index < -0.39 is 23.3 Å². The Morgan fingerprint density at radius 1 is 1.00 bits per heavy atom. The number of hydrogen-bond donors (Lipinski definition) is 2. The maximum atomic E-state index is 12.9. The van der Waals surface area contributed by atoms with E-state index in [1.165, 1.54) is 6.07 Å². The zero-order chi connectivity index (χ0) is 23.6. The van der Waals surface area contributed by atoms with Gasteiger partial charge in [-0.15, -0.1) is 0 Å². The Morgan fingerprint density at radius 2 is 1.70 bits per heavy atom. The molecule has 6 nitrogen and oxygen atoms in total. The van der Waals surface area contributed by atoms with Crippen molar-refractivity contribution < 1.29 is 27.6 Å². The molecule has 2 fully saturated rings. The first kappa shape index (κ1) is 22.8. The number of rotatable bonds is 5. The quantitative estimate of drug-likeness (QED) is 0.621. The van der Waals surface area contributed by atoms with Gasteiger partial charge in [0.15, 0.2) is 0 Å². The minimum atomic E-state index is -4.42. The average Bonchev–Trinajstić information content (AvgIpc) is 3.01. The SMILES string of the molecule is O=C(CCN1C(=O)NC2(CCCCC2)C1=O)Nc1ccc(-c2cccc(C(F)(F)F)c2)cc1. The third-order valence-electron chi connectivity index (χ3n) is 6.21. The van der Waals surface area contributed by atoms with Crippen molar-refractivity contribution in [2.75, 3.05) is 11.9 Å². The lowest BCUT2D eigenvalue weighted by atomic mass is 9.82. The van der Waals surface area contributed by atoms with Crippen LogP contribution in [0, 0.1) is 0 Å². The fourth-order valence-electron chi connectivity index (χ4n) is 4.43. The van der Waals surface area contributed by atoms with Crippen molar-refractivity contribution in [3.63, 3.8) is 0 Å². The summed E-state index contributed by atoms with van der Waals surface area (Å²) in [4.78, 5) is 38.5. The lowest BCUT2D eigenvalue weighted by Crippen LogP contribution is -2.48. The van der Waals surface area contributed by atoms with E-state index in [2.05, 4.69) is 10.6 Å². The third kappa shape index (κ3) is 4.86. The fraction of sp³-hybridized carbons (Fsp3) is 0.375. The molecule has 1 aliphatic carbocycles. The van der Waals surface area contributed by atoms with Crippen LogP contribution in [0.4, 0.5) is 23.7 Å². The Hall–Kier alpha value is -3.36. The molecule has 1 saturated heterocycles. The van der Waals surface area contributed by atoms with Crippen LogP contribution in [0.15, 0.2) is 48.5 Å². The van der Waals surface area contributed by atoms with Crippen molar-refractivity contribution in [2.45, 2.75) is 50.2 Å². The van der Waals surface area contributed by atoms with Crippen molar-refractivity contribution in [1.29, 1.82) is 0 Å². The van der Waals surface area contributed by atoms with Crippen molar-refractivity contribution in [3.05, 3.63) is 54.1 Å². The second kappa shape index (κ2) is 8.88.